The van der Waals surface area contributed by atoms with Crippen LogP contribution >= 0.6 is 15.9 Å². The zero-order chi connectivity index (χ0) is 16.3. The predicted molar refractivity (Wildman–Crippen MR) is 92.5 cm³/mol. The van der Waals surface area contributed by atoms with Crippen LogP contribution in [0, 0.1) is 0 Å². The van der Waals surface area contributed by atoms with E-state index < -0.39 is 0 Å². The van der Waals surface area contributed by atoms with E-state index in [1.165, 1.54) is 0 Å². The molecule has 6 heteroatoms. The number of hydrogen-bond acceptors (Lipinski definition) is 4. The van der Waals surface area contributed by atoms with Gasteiger partial charge >= 0.3 is 0 Å². The zero-order valence-electron chi connectivity index (χ0n) is 13.4. The van der Waals surface area contributed by atoms with E-state index in [4.69, 9.17) is 9.47 Å². The van der Waals surface area contributed by atoms with Gasteiger partial charge < -0.3 is 14.8 Å². The Labute approximate surface area is 145 Å². The first-order valence-corrected chi connectivity index (χ1v) is 8.85. The second-order valence-corrected chi connectivity index (χ2v) is 7.20. The summed E-state index contributed by atoms with van der Waals surface area (Å²) >= 11 is 3.39. The van der Waals surface area contributed by atoms with Crippen LogP contribution in [0.3, 0.4) is 0 Å². The summed E-state index contributed by atoms with van der Waals surface area (Å²) < 4.78 is 12.7. The lowest BCUT2D eigenvalue weighted by Gasteiger charge is -2.44. The minimum absolute atomic E-state index is 0.00506. The lowest BCUT2D eigenvalue weighted by molar-refractivity contribution is -0.145. The Hall–Kier alpha value is -0.950. The molecule has 5 nitrogen and oxygen atoms in total. The van der Waals surface area contributed by atoms with E-state index >= 15 is 0 Å². The number of benzene rings is 1. The van der Waals surface area contributed by atoms with Gasteiger partial charge in [-0.3, -0.25) is 9.69 Å². The van der Waals surface area contributed by atoms with Gasteiger partial charge in [0.05, 0.1) is 18.2 Å². The summed E-state index contributed by atoms with van der Waals surface area (Å²) in [6.07, 6.45) is 3.13. The van der Waals surface area contributed by atoms with Crippen LogP contribution in [0.15, 0.2) is 28.7 Å². The molecule has 1 spiro atoms. The molecule has 0 saturated carbocycles. The minimum Gasteiger partial charge on any atom is -0.377 e. The lowest BCUT2D eigenvalue weighted by Crippen LogP contribution is -2.57. The van der Waals surface area contributed by atoms with Crippen LogP contribution in [-0.2, 0) is 14.3 Å². The Balaban J connectivity index is 1.54. The fourth-order valence-electron chi connectivity index (χ4n) is 3.54. The van der Waals surface area contributed by atoms with Gasteiger partial charge in [0, 0.05) is 37.0 Å². The number of piperidine rings is 1. The Kier molecular flexibility index (Phi) is 5.36. The summed E-state index contributed by atoms with van der Waals surface area (Å²) in [5, 5.41) is 2.94. The summed E-state index contributed by atoms with van der Waals surface area (Å²) in [5.74, 6) is 0.00506. The van der Waals surface area contributed by atoms with E-state index in [1.807, 2.05) is 24.3 Å². The number of rotatable bonds is 4. The topological polar surface area (TPSA) is 50.8 Å². The molecule has 0 aliphatic carbocycles. The first-order chi connectivity index (χ1) is 11.1. The third kappa shape index (κ3) is 3.94. The highest BCUT2D eigenvalue weighted by molar-refractivity contribution is 9.10. The Morgan fingerprint density at radius 3 is 2.87 bits per heavy atom. The largest absolute Gasteiger partial charge is 0.377 e. The van der Waals surface area contributed by atoms with Crippen LogP contribution in [0.4, 0.5) is 5.69 Å². The van der Waals surface area contributed by atoms with Crippen LogP contribution in [-0.4, -0.2) is 55.9 Å². The van der Waals surface area contributed by atoms with Crippen LogP contribution in [0.2, 0.25) is 0 Å². The molecule has 1 aromatic rings. The number of halogens is 1. The number of carbonyl (C=O) groups excluding carboxylic acids is 1. The van der Waals surface area contributed by atoms with E-state index in [2.05, 4.69) is 26.1 Å². The first-order valence-electron chi connectivity index (χ1n) is 8.06. The highest BCUT2D eigenvalue weighted by atomic mass is 79.9. The number of hydrogen-bond donors (Lipinski definition) is 1. The summed E-state index contributed by atoms with van der Waals surface area (Å²) in [4.78, 5) is 14.4. The molecular weight excluding hydrogens is 360 g/mol. The second-order valence-electron chi connectivity index (χ2n) is 6.28. The van der Waals surface area contributed by atoms with Crippen molar-refractivity contribution in [2.45, 2.75) is 31.0 Å². The average Bonchev–Trinajstić information content (AvgIpc) is 3.01. The van der Waals surface area contributed by atoms with Crippen molar-refractivity contribution in [3.8, 4) is 0 Å². The Morgan fingerprint density at radius 1 is 1.43 bits per heavy atom. The smallest absolute Gasteiger partial charge is 0.238 e. The van der Waals surface area contributed by atoms with E-state index in [0.29, 0.717) is 6.54 Å². The molecule has 2 fully saturated rings. The second kappa shape index (κ2) is 7.30. The van der Waals surface area contributed by atoms with Crippen molar-refractivity contribution in [3.63, 3.8) is 0 Å². The number of nitrogens with zero attached hydrogens (tertiary/aromatic N) is 1. The number of likely N-dealkylation sites (tertiary alicyclic amines) is 1. The number of amides is 1. The van der Waals surface area contributed by atoms with Crippen LogP contribution in [0.5, 0.6) is 0 Å². The molecule has 1 aromatic carbocycles. The molecule has 23 heavy (non-hydrogen) atoms. The van der Waals surface area contributed by atoms with E-state index in [1.54, 1.807) is 7.11 Å². The van der Waals surface area contributed by atoms with Crippen molar-refractivity contribution in [2.75, 3.05) is 38.7 Å². The Morgan fingerprint density at radius 2 is 2.22 bits per heavy atom. The number of ether oxygens (including phenoxy) is 2. The van der Waals surface area contributed by atoms with Crippen LogP contribution < -0.4 is 5.32 Å². The van der Waals surface area contributed by atoms with Gasteiger partial charge in [0.25, 0.3) is 0 Å². The summed E-state index contributed by atoms with van der Waals surface area (Å²) in [7, 11) is 1.74. The van der Waals surface area contributed by atoms with Gasteiger partial charge in [-0.15, -0.1) is 0 Å². The quantitative estimate of drug-likeness (QED) is 0.869. The van der Waals surface area contributed by atoms with Crippen molar-refractivity contribution in [1.82, 2.24) is 4.90 Å². The van der Waals surface area contributed by atoms with Crippen LogP contribution in [0.1, 0.15) is 19.3 Å². The summed E-state index contributed by atoms with van der Waals surface area (Å²) in [6.45, 7) is 2.81. The number of methoxy groups -OCH3 is 1. The monoisotopic (exact) mass is 382 g/mol. The normalized spacial score (nSPS) is 28.2. The van der Waals surface area contributed by atoms with Gasteiger partial charge in [-0.1, -0.05) is 15.9 Å². The maximum Gasteiger partial charge on any atom is 0.238 e. The van der Waals surface area contributed by atoms with Gasteiger partial charge in [0.2, 0.25) is 5.91 Å². The van der Waals surface area contributed by atoms with Crippen molar-refractivity contribution in [3.05, 3.63) is 28.7 Å². The average molecular weight is 383 g/mol. The number of carbonyl (C=O) groups is 1. The molecule has 1 amide bonds. The Bertz CT molecular complexity index is 543. The van der Waals surface area contributed by atoms with Gasteiger partial charge in [-0.2, -0.15) is 0 Å². The molecule has 0 bridgehead atoms. The molecule has 2 aliphatic heterocycles. The highest BCUT2D eigenvalue weighted by Crippen LogP contribution is 2.37. The van der Waals surface area contributed by atoms with Crippen LogP contribution in [0.25, 0.3) is 0 Å². The molecule has 2 saturated heterocycles. The molecule has 0 aromatic heterocycles. The molecular formula is C17H23BrN2O3. The number of nitrogens with one attached hydrogen (secondary N) is 1. The first kappa shape index (κ1) is 16.9. The van der Waals surface area contributed by atoms with Crippen molar-refractivity contribution in [1.29, 1.82) is 0 Å². The molecule has 3 rings (SSSR count). The third-order valence-electron chi connectivity index (χ3n) is 4.78. The van der Waals surface area contributed by atoms with E-state index in [9.17, 15) is 4.79 Å². The van der Waals surface area contributed by atoms with Gasteiger partial charge in [-0.05, 0) is 43.5 Å². The third-order valence-corrected chi connectivity index (χ3v) is 5.30. The lowest BCUT2D eigenvalue weighted by atomic mass is 9.86. The number of anilines is 1. The van der Waals surface area contributed by atoms with Crippen molar-refractivity contribution >= 4 is 27.5 Å². The standard InChI is InChI=1S/C17H23BrN2O3/c1-22-15-11-20(9-8-17(15)7-2-10-23-17)12-16(21)19-14-5-3-13(18)4-6-14/h3-6,15H,2,7-12H2,1H3,(H,19,21)/t15-,17-/m0/s1. The predicted octanol–water partition coefficient (Wildman–Crippen LogP) is 2.66. The maximum absolute atomic E-state index is 12.2. The molecule has 1 N–H and O–H groups in total. The molecule has 126 valence electrons. The molecule has 2 heterocycles. The summed E-state index contributed by atoms with van der Waals surface area (Å²) in [5.41, 5.74) is 0.682. The van der Waals surface area contributed by atoms with E-state index in [-0.39, 0.29) is 17.6 Å². The SMILES string of the molecule is CO[C@H]1CN(CC(=O)Nc2ccc(Br)cc2)CC[C@@]12CCCO2. The van der Waals surface area contributed by atoms with Crippen molar-refractivity contribution < 1.29 is 14.3 Å². The molecule has 0 unspecified atom stereocenters. The molecule has 0 radical (unpaired) electrons. The van der Waals surface area contributed by atoms with Gasteiger partial charge in [0.15, 0.2) is 0 Å². The highest BCUT2D eigenvalue weighted by Gasteiger charge is 2.46. The molecule has 2 atom stereocenters. The van der Waals surface area contributed by atoms with Crippen molar-refractivity contribution in [2.24, 2.45) is 0 Å². The fourth-order valence-corrected chi connectivity index (χ4v) is 3.80. The molecule has 2 aliphatic rings. The fraction of sp³-hybridized carbons (Fsp3) is 0.588. The van der Waals surface area contributed by atoms with Gasteiger partial charge in [0.1, 0.15) is 0 Å². The summed E-state index contributed by atoms with van der Waals surface area (Å²) in [6, 6.07) is 7.60. The zero-order valence-corrected chi connectivity index (χ0v) is 15.0. The van der Waals surface area contributed by atoms with Gasteiger partial charge in [-0.25, -0.2) is 0 Å². The maximum atomic E-state index is 12.2. The minimum atomic E-state index is -0.132. The van der Waals surface area contributed by atoms with E-state index in [0.717, 1.165) is 49.1 Å².